The molecule has 0 saturated carbocycles. The van der Waals surface area contributed by atoms with E-state index in [0.29, 0.717) is 10.7 Å². The molecule has 0 aromatic carbocycles. The minimum Gasteiger partial charge on any atom is -0.480 e. The number of hydrogen-bond donors (Lipinski definition) is 3. The molecular weight excluding hydrogens is 246 g/mol. The van der Waals surface area contributed by atoms with E-state index in [1.165, 1.54) is 0 Å². The van der Waals surface area contributed by atoms with Gasteiger partial charge in [-0.2, -0.15) is 0 Å². The summed E-state index contributed by atoms with van der Waals surface area (Å²) in [5, 5.41) is 11.9. The van der Waals surface area contributed by atoms with Crippen LogP contribution in [0.5, 0.6) is 0 Å². The molecular formula is C13H19N3O3. The highest BCUT2D eigenvalue weighted by Crippen LogP contribution is 1.81. The average Bonchev–Trinajstić information content (AvgIpc) is 2.82. The zero-order valence-corrected chi connectivity index (χ0v) is 11.4. The van der Waals surface area contributed by atoms with E-state index in [0.717, 1.165) is 0 Å². The Morgan fingerprint density at radius 1 is 1.47 bits per heavy atom. The fraction of sp³-hybridized carbons (Fsp3) is 0.308. The molecule has 0 radical (unpaired) electrons. The number of carbonyl (C=O) groups is 2. The summed E-state index contributed by atoms with van der Waals surface area (Å²) in [6.45, 7) is 8.90. The van der Waals surface area contributed by atoms with Crippen molar-refractivity contribution in [3.8, 4) is 0 Å². The molecule has 1 amide bonds. The molecule has 1 aromatic rings. The third-order valence-corrected chi connectivity index (χ3v) is 1.93. The summed E-state index contributed by atoms with van der Waals surface area (Å²) in [4.78, 5) is 28.6. The third-order valence-electron chi connectivity index (χ3n) is 1.93. The first-order valence-corrected chi connectivity index (χ1v) is 5.93. The SMILES string of the molecule is C=C/C=c1/[nH]c(C(=O)NCC(=O)O)n/c1=C/C.CC. The molecule has 3 N–H and O–H groups in total. The molecule has 0 spiro atoms. The van der Waals surface area contributed by atoms with E-state index in [-0.39, 0.29) is 5.82 Å². The summed E-state index contributed by atoms with van der Waals surface area (Å²) >= 11 is 0. The number of aromatic amines is 1. The molecule has 6 nitrogen and oxygen atoms in total. The van der Waals surface area contributed by atoms with Crippen LogP contribution in [0.4, 0.5) is 0 Å². The standard InChI is InChI=1S/C11H13N3O3.C2H6/c1-3-5-8-7(4-2)13-10(14-8)11(17)12-6-9(15)16;1-2/h3-5H,1,6H2,2H3,(H,12,17)(H,13,14)(H,15,16);1-2H3/b7-4+,8-5+;. The van der Waals surface area contributed by atoms with Gasteiger partial charge in [0.25, 0.3) is 5.91 Å². The average molecular weight is 265 g/mol. The Labute approximate surface area is 111 Å². The molecule has 1 heterocycles. The van der Waals surface area contributed by atoms with Crippen molar-refractivity contribution in [3.05, 3.63) is 29.2 Å². The quantitative estimate of drug-likeness (QED) is 0.715. The molecule has 1 aromatic heterocycles. The highest BCUT2D eigenvalue weighted by molar-refractivity contribution is 5.92. The summed E-state index contributed by atoms with van der Waals surface area (Å²) in [7, 11) is 0. The highest BCUT2D eigenvalue weighted by Gasteiger charge is 2.10. The lowest BCUT2D eigenvalue weighted by molar-refractivity contribution is -0.135. The van der Waals surface area contributed by atoms with Crippen molar-refractivity contribution in [3.63, 3.8) is 0 Å². The molecule has 104 valence electrons. The fourth-order valence-corrected chi connectivity index (χ4v) is 1.21. The van der Waals surface area contributed by atoms with Gasteiger partial charge in [0.15, 0.2) is 5.82 Å². The maximum Gasteiger partial charge on any atom is 0.322 e. The molecule has 0 fully saturated rings. The lowest BCUT2D eigenvalue weighted by Crippen LogP contribution is -2.30. The Bertz CT molecular complexity index is 558. The zero-order chi connectivity index (χ0) is 14.8. The van der Waals surface area contributed by atoms with Gasteiger partial charge >= 0.3 is 5.97 Å². The van der Waals surface area contributed by atoms with Gasteiger partial charge in [0, 0.05) is 0 Å². The molecule has 0 bridgehead atoms. The Morgan fingerprint density at radius 3 is 2.58 bits per heavy atom. The van der Waals surface area contributed by atoms with Gasteiger partial charge in [0.05, 0.1) is 10.7 Å². The smallest absolute Gasteiger partial charge is 0.322 e. The predicted molar refractivity (Wildman–Crippen MR) is 74.0 cm³/mol. The lowest BCUT2D eigenvalue weighted by atomic mass is 10.4. The van der Waals surface area contributed by atoms with Crippen LogP contribution in [-0.4, -0.2) is 33.5 Å². The number of amides is 1. The van der Waals surface area contributed by atoms with Crippen LogP contribution in [0.25, 0.3) is 12.2 Å². The zero-order valence-electron chi connectivity index (χ0n) is 11.4. The van der Waals surface area contributed by atoms with Crippen LogP contribution in [-0.2, 0) is 4.79 Å². The number of carbonyl (C=O) groups excluding carboxylic acids is 1. The number of carboxylic acids is 1. The fourth-order valence-electron chi connectivity index (χ4n) is 1.21. The van der Waals surface area contributed by atoms with Crippen LogP contribution in [0.2, 0.25) is 0 Å². The first-order valence-electron chi connectivity index (χ1n) is 5.93. The van der Waals surface area contributed by atoms with Crippen molar-refractivity contribution in [1.29, 1.82) is 0 Å². The topological polar surface area (TPSA) is 95.1 Å². The highest BCUT2D eigenvalue weighted by atomic mass is 16.4. The van der Waals surface area contributed by atoms with Gasteiger partial charge in [-0.25, -0.2) is 4.98 Å². The number of nitrogens with zero attached hydrogens (tertiary/aromatic N) is 1. The maximum absolute atomic E-state index is 11.5. The predicted octanol–water partition coefficient (Wildman–Crippen LogP) is 0.0172. The van der Waals surface area contributed by atoms with Gasteiger partial charge < -0.3 is 15.4 Å². The van der Waals surface area contributed by atoms with E-state index < -0.39 is 18.4 Å². The number of nitrogens with one attached hydrogen (secondary N) is 2. The van der Waals surface area contributed by atoms with Crippen LogP contribution < -0.4 is 16.0 Å². The maximum atomic E-state index is 11.5. The number of aliphatic carboxylic acids is 1. The summed E-state index contributed by atoms with van der Waals surface area (Å²) in [5.41, 5.74) is 0. The Hall–Kier alpha value is -2.37. The van der Waals surface area contributed by atoms with Crippen LogP contribution in [0.3, 0.4) is 0 Å². The summed E-state index contributed by atoms with van der Waals surface area (Å²) in [6, 6.07) is 0. The van der Waals surface area contributed by atoms with Gasteiger partial charge in [-0.15, -0.1) is 0 Å². The molecule has 0 aliphatic carbocycles. The van der Waals surface area contributed by atoms with Gasteiger partial charge in [0.1, 0.15) is 6.54 Å². The molecule has 19 heavy (non-hydrogen) atoms. The largest absolute Gasteiger partial charge is 0.480 e. The van der Waals surface area contributed by atoms with Crippen LogP contribution in [0.15, 0.2) is 12.7 Å². The molecule has 0 atom stereocenters. The number of aromatic nitrogens is 2. The lowest BCUT2D eigenvalue weighted by Gasteiger charge is -1.97. The van der Waals surface area contributed by atoms with E-state index in [2.05, 4.69) is 21.9 Å². The minimum atomic E-state index is -1.11. The Morgan fingerprint density at radius 2 is 2.11 bits per heavy atom. The van der Waals surface area contributed by atoms with Crippen LogP contribution >= 0.6 is 0 Å². The summed E-state index contributed by atoms with van der Waals surface area (Å²) in [5.74, 6) is -1.59. The Kier molecular flexibility index (Phi) is 7.60. The summed E-state index contributed by atoms with van der Waals surface area (Å²) < 4.78 is 0. The van der Waals surface area contributed by atoms with Crippen molar-refractivity contribution in [1.82, 2.24) is 15.3 Å². The van der Waals surface area contributed by atoms with E-state index in [1.807, 2.05) is 13.8 Å². The number of H-pyrrole nitrogens is 1. The number of allylic oxidation sites excluding steroid dienone is 1. The number of imidazole rings is 1. The Balaban J connectivity index is 0.00000154. The van der Waals surface area contributed by atoms with E-state index in [9.17, 15) is 9.59 Å². The van der Waals surface area contributed by atoms with Crippen molar-refractivity contribution in [2.45, 2.75) is 20.8 Å². The van der Waals surface area contributed by atoms with Gasteiger partial charge in [0.2, 0.25) is 0 Å². The second kappa shape index (κ2) is 8.68. The molecule has 0 aliphatic rings. The molecule has 1 rings (SSSR count). The first kappa shape index (κ1) is 16.6. The summed E-state index contributed by atoms with van der Waals surface area (Å²) in [6.07, 6.45) is 4.98. The molecule has 6 heteroatoms. The number of rotatable bonds is 4. The van der Waals surface area contributed by atoms with Crippen molar-refractivity contribution in [2.75, 3.05) is 6.54 Å². The number of hydrogen-bond acceptors (Lipinski definition) is 3. The minimum absolute atomic E-state index is 0.0763. The second-order valence-corrected chi connectivity index (χ2v) is 3.15. The van der Waals surface area contributed by atoms with Gasteiger partial charge in [-0.05, 0) is 13.0 Å². The van der Waals surface area contributed by atoms with E-state index >= 15 is 0 Å². The molecule has 0 saturated heterocycles. The van der Waals surface area contributed by atoms with Crippen molar-refractivity contribution < 1.29 is 14.7 Å². The van der Waals surface area contributed by atoms with Gasteiger partial charge in [-0.3, -0.25) is 9.59 Å². The third kappa shape index (κ3) is 5.20. The van der Waals surface area contributed by atoms with Crippen molar-refractivity contribution >= 4 is 24.0 Å². The van der Waals surface area contributed by atoms with Crippen molar-refractivity contribution in [2.24, 2.45) is 0 Å². The normalized spacial score (nSPS) is 11.5. The molecule has 0 aliphatic heterocycles. The van der Waals surface area contributed by atoms with E-state index in [4.69, 9.17) is 5.11 Å². The van der Waals surface area contributed by atoms with E-state index in [1.54, 1.807) is 25.2 Å². The molecule has 0 unspecified atom stereocenters. The second-order valence-electron chi connectivity index (χ2n) is 3.15. The van der Waals surface area contributed by atoms with Gasteiger partial charge in [-0.1, -0.05) is 32.6 Å². The van der Waals surface area contributed by atoms with Crippen LogP contribution in [0, 0.1) is 0 Å². The van der Waals surface area contributed by atoms with Crippen LogP contribution in [0.1, 0.15) is 31.4 Å². The first-order chi connectivity index (χ1) is 9.08. The monoisotopic (exact) mass is 265 g/mol. The number of carboxylic acid groups (broad SMARTS) is 1.